The van der Waals surface area contributed by atoms with Crippen LogP contribution in [0.2, 0.25) is 0 Å². The maximum Gasteiger partial charge on any atom is 0.223 e. The van der Waals surface area contributed by atoms with Gasteiger partial charge < -0.3 is 29.4 Å². The van der Waals surface area contributed by atoms with Crippen molar-refractivity contribution >= 4 is 5.91 Å². The number of benzene rings is 1. The molecule has 2 saturated heterocycles. The molecule has 0 spiro atoms. The number of aliphatic hydroxyl groups excluding tert-OH is 1. The Morgan fingerprint density at radius 3 is 2.71 bits per heavy atom. The van der Waals surface area contributed by atoms with E-state index in [9.17, 15) is 9.90 Å². The Hall–Kier alpha value is -1.67. The standard InChI is InChI=1S/C17H23NO6/c1-10(19)18-13-14(20)15-12(9-21-17(2,3)24-15)23-16(13)22-11-7-5-4-6-8-11/h4-8,12-16,20H,9H2,1-3H3,(H,18,19)/t12-,13-,14-,15+,16-/m0/s1. The molecule has 0 bridgehead atoms. The van der Waals surface area contributed by atoms with E-state index in [-0.39, 0.29) is 12.5 Å². The highest BCUT2D eigenvalue weighted by Crippen LogP contribution is 2.33. The smallest absolute Gasteiger partial charge is 0.223 e. The van der Waals surface area contributed by atoms with E-state index in [0.29, 0.717) is 5.75 Å². The SMILES string of the molecule is CC(=O)N[C@@H]1[C@@H](Oc2ccccc2)O[C@H]2COC(C)(C)O[C@H]2[C@H]1O. The summed E-state index contributed by atoms with van der Waals surface area (Å²) in [4.78, 5) is 11.5. The summed E-state index contributed by atoms with van der Waals surface area (Å²) in [5.74, 6) is -0.519. The highest BCUT2D eigenvalue weighted by molar-refractivity contribution is 5.73. The molecule has 2 heterocycles. The first-order valence-electron chi connectivity index (χ1n) is 8.00. The zero-order valence-electron chi connectivity index (χ0n) is 14.0. The fourth-order valence-corrected chi connectivity index (χ4v) is 2.97. The van der Waals surface area contributed by atoms with Gasteiger partial charge in [0.15, 0.2) is 5.79 Å². The number of carbonyl (C=O) groups is 1. The van der Waals surface area contributed by atoms with Gasteiger partial charge >= 0.3 is 0 Å². The lowest BCUT2D eigenvalue weighted by molar-refractivity contribution is -0.361. The summed E-state index contributed by atoms with van der Waals surface area (Å²) in [7, 11) is 0. The maximum atomic E-state index is 11.5. The summed E-state index contributed by atoms with van der Waals surface area (Å²) in [6.07, 6.45) is -2.92. The highest BCUT2D eigenvalue weighted by Gasteiger charge is 2.52. The summed E-state index contributed by atoms with van der Waals surface area (Å²) in [5.41, 5.74) is 0. The number of hydrogen-bond acceptors (Lipinski definition) is 6. The Bertz CT molecular complexity index is 578. The van der Waals surface area contributed by atoms with Crippen LogP contribution in [0.15, 0.2) is 30.3 Å². The highest BCUT2D eigenvalue weighted by atomic mass is 16.8. The van der Waals surface area contributed by atoms with E-state index in [1.807, 2.05) is 18.2 Å². The fourth-order valence-electron chi connectivity index (χ4n) is 2.97. The molecule has 2 N–H and O–H groups in total. The normalized spacial score (nSPS) is 34.9. The predicted octanol–water partition coefficient (Wildman–Crippen LogP) is 0.807. The molecule has 1 aromatic carbocycles. The van der Waals surface area contributed by atoms with Crippen LogP contribution in [0.1, 0.15) is 20.8 Å². The van der Waals surface area contributed by atoms with Gasteiger partial charge in [-0.2, -0.15) is 0 Å². The number of aliphatic hydroxyl groups is 1. The minimum absolute atomic E-state index is 0.274. The first-order chi connectivity index (χ1) is 11.4. The molecule has 24 heavy (non-hydrogen) atoms. The second-order valence-corrected chi connectivity index (χ2v) is 6.48. The molecule has 1 aromatic rings. The number of hydrogen-bond donors (Lipinski definition) is 2. The number of para-hydroxylation sites is 1. The van der Waals surface area contributed by atoms with Gasteiger partial charge in [-0.1, -0.05) is 18.2 Å². The zero-order valence-corrected chi connectivity index (χ0v) is 14.0. The largest absolute Gasteiger partial charge is 0.463 e. The van der Waals surface area contributed by atoms with E-state index >= 15 is 0 Å². The molecule has 3 rings (SSSR count). The van der Waals surface area contributed by atoms with Gasteiger partial charge in [-0.3, -0.25) is 4.79 Å². The minimum Gasteiger partial charge on any atom is -0.463 e. The number of nitrogens with one attached hydrogen (secondary N) is 1. The van der Waals surface area contributed by atoms with E-state index < -0.39 is 36.4 Å². The van der Waals surface area contributed by atoms with Crippen molar-refractivity contribution in [3.63, 3.8) is 0 Å². The molecule has 7 nitrogen and oxygen atoms in total. The maximum absolute atomic E-state index is 11.5. The third-order valence-electron chi connectivity index (χ3n) is 4.05. The average molecular weight is 337 g/mol. The summed E-state index contributed by atoms with van der Waals surface area (Å²) < 4.78 is 23.1. The van der Waals surface area contributed by atoms with Gasteiger partial charge in [-0.05, 0) is 26.0 Å². The summed E-state index contributed by atoms with van der Waals surface area (Å²) in [5, 5.41) is 13.4. The van der Waals surface area contributed by atoms with Crippen molar-refractivity contribution in [3.05, 3.63) is 30.3 Å². The molecule has 0 aliphatic carbocycles. The fraction of sp³-hybridized carbons (Fsp3) is 0.588. The van der Waals surface area contributed by atoms with Crippen molar-refractivity contribution in [1.82, 2.24) is 5.32 Å². The van der Waals surface area contributed by atoms with Gasteiger partial charge in [0.1, 0.15) is 30.1 Å². The molecule has 2 fully saturated rings. The van der Waals surface area contributed by atoms with Gasteiger partial charge in [0, 0.05) is 6.92 Å². The molecule has 1 amide bonds. The second kappa shape index (κ2) is 6.68. The van der Waals surface area contributed by atoms with Crippen molar-refractivity contribution in [2.75, 3.05) is 6.61 Å². The van der Waals surface area contributed by atoms with Crippen LogP contribution in [-0.4, -0.2) is 54.1 Å². The van der Waals surface area contributed by atoms with Crippen molar-refractivity contribution in [1.29, 1.82) is 0 Å². The summed E-state index contributed by atoms with van der Waals surface area (Å²) in [6, 6.07) is 8.35. The zero-order chi connectivity index (χ0) is 17.3. The monoisotopic (exact) mass is 337 g/mol. The van der Waals surface area contributed by atoms with Crippen LogP contribution in [-0.2, 0) is 19.0 Å². The van der Waals surface area contributed by atoms with E-state index in [1.165, 1.54) is 6.92 Å². The topological polar surface area (TPSA) is 86.3 Å². The van der Waals surface area contributed by atoms with Crippen LogP contribution >= 0.6 is 0 Å². The van der Waals surface area contributed by atoms with Crippen LogP contribution in [0.4, 0.5) is 0 Å². The van der Waals surface area contributed by atoms with Crippen LogP contribution in [0.3, 0.4) is 0 Å². The van der Waals surface area contributed by atoms with Gasteiger partial charge in [-0.25, -0.2) is 0 Å². The third-order valence-corrected chi connectivity index (χ3v) is 4.05. The lowest BCUT2D eigenvalue weighted by atomic mass is 9.95. The van der Waals surface area contributed by atoms with E-state index in [0.717, 1.165) is 0 Å². The van der Waals surface area contributed by atoms with Crippen molar-refractivity contribution in [3.8, 4) is 5.75 Å². The number of amides is 1. The van der Waals surface area contributed by atoms with Crippen molar-refractivity contribution < 1.29 is 28.8 Å². The Labute approximate surface area is 140 Å². The Morgan fingerprint density at radius 1 is 1.33 bits per heavy atom. The van der Waals surface area contributed by atoms with Crippen LogP contribution in [0, 0.1) is 0 Å². The third kappa shape index (κ3) is 3.70. The lowest BCUT2D eigenvalue weighted by Crippen LogP contribution is -2.69. The minimum atomic E-state index is -0.982. The second-order valence-electron chi connectivity index (χ2n) is 6.48. The van der Waals surface area contributed by atoms with E-state index in [1.54, 1.807) is 26.0 Å². The van der Waals surface area contributed by atoms with Crippen LogP contribution in [0.5, 0.6) is 5.75 Å². The molecule has 2 aliphatic rings. The van der Waals surface area contributed by atoms with Crippen molar-refractivity contribution in [2.24, 2.45) is 0 Å². The van der Waals surface area contributed by atoms with E-state index in [2.05, 4.69) is 5.32 Å². The van der Waals surface area contributed by atoms with Gasteiger partial charge in [0.05, 0.1) is 6.61 Å². The van der Waals surface area contributed by atoms with Crippen LogP contribution in [0.25, 0.3) is 0 Å². The molecular weight excluding hydrogens is 314 g/mol. The Kier molecular flexibility index (Phi) is 4.78. The number of carbonyl (C=O) groups excluding carboxylic acids is 1. The van der Waals surface area contributed by atoms with Gasteiger partial charge in [-0.15, -0.1) is 0 Å². The summed E-state index contributed by atoms with van der Waals surface area (Å²) in [6.45, 7) is 5.20. The number of fused-ring (bicyclic) bond motifs is 1. The van der Waals surface area contributed by atoms with Crippen LogP contribution < -0.4 is 10.1 Å². The number of rotatable bonds is 3. The molecule has 0 saturated carbocycles. The molecule has 2 aliphatic heterocycles. The molecule has 7 heteroatoms. The molecular formula is C17H23NO6. The molecule has 5 atom stereocenters. The average Bonchev–Trinajstić information content (AvgIpc) is 2.52. The first kappa shape index (κ1) is 17.2. The number of ether oxygens (including phenoxy) is 4. The Morgan fingerprint density at radius 2 is 2.04 bits per heavy atom. The van der Waals surface area contributed by atoms with Gasteiger partial charge in [0.2, 0.25) is 12.2 Å². The quantitative estimate of drug-likeness (QED) is 0.849. The molecule has 0 radical (unpaired) electrons. The first-order valence-corrected chi connectivity index (χ1v) is 8.00. The molecule has 0 unspecified atom stereocenters. The Balaban J connectivity index is 1.81. The molecule has 132 valence electrons. The predicted molar refractivity (Wildman–Crippen MR) is 84.2 cm³/mol. The van der Waals surface area contributed by atoms with Gasteiger partial charge in [0.25, 0.3) is 0 Å². The lowest BCUT2D eigenvalue weighted by Gasteiger charge is -2.49. The van der Waals surface area contributed by atoms with E-state index in [4.69, 9.17) is 18.9 Å². The molecule has 0 aromatic heterocycles. The van der Waals surface area contributed by atoms with Crippen molar-refractivity contribution in [2.45, 2.75) is 57.2 Å². The summed E-state index contributed by atoms with van der Waals surface area (Å²) >= 11 is 0.